The van der Waals surface area contributed by atoms with Gasteiger partial charge in [0.1, 0.15) is 0 Å². The summed E-state index contributed by atoms with van der Waals surface area (Å²) >= 11 is 0. The number of carboxylic acid groups (broad SMARTS) is 1. The van der Waals surface area contributed by atoms with Crippen LogP contribution in [0, 0.1) is 6.92 Å². The minimum Gasteiger partial charge on any atom is -0.478 e. The number of pyridine rings is 1. The van der Waals surface area contributed by atoms with Crippen LogP contribution in [0.2, 0.25) is 0 Å². The van der Waals surface area contributed by atoms with Crippen LogP contribution in [0.5, 0.6) is 0 Å². The van der Waals surface area contributed by atoms with E-state index in [-0.39, 0.29) is 5.56 Å². The number of carbonyl (C=O) groups is 1. The van der Waals surface area contributed by atoms with E-state index >= 15 is 0 Å². The van der Waals surface area contributed by atoms with Crippen LogP contribution in [0.25, 0.3) is 11.0 Å². The minimum atomic E-state index is -0.956. The normalized spacial score (nSPS) is 11.0. The maximum atomic E-state index is 11.3. The summed E-state index contributed by atoms with van der Waals surface area (Å²) < 4.78 is 1.75. The molecule has 0 aliphatic rings. The molecule has 5 nitrogen and oxygen atoms in total. The zero-order valence-corrected chi connectivity index (χ0v) is 12.6. The number of aromatic carboxylic acids is 1. The van der Waals surface area contributed by atoms with Crippen molar-refractivity contribution in [2.24, 2.45) is 0 Å². The van der Waals surface area contributed by atoms with Gasteiger partial charge in [0.25, 0.3) is 0 Å². The van der Waals surface area contributed by atoms with Crippen molar-refractivity contribution in [2.45, 2.75) is 26.8 Å². The molecular formula is C17H17N3O2. The Bertz CT molecular complexity index is 835. The summed E-state index contributed by atoms with van der Waals surface area (Å²) in [6.45, 7) is 4.48. The molecule has 0 saturated heterocycles. The summed E-state index contributed by atoms with van der Waals surface area (Å²) in [6, 6.07) is 9.91. The Morgan fingerprint density at radius 1 is 1.23 bits per heavy atom. The first-order valence-electron chi connectivity index (χ1n) is 7.22. The number of nitrogens with zero attached hydrogens (tertiary/aromatic N) is 3. The van der Waals surface area contributed by atoms with Crippen molar-refractivity contribution < 1.29 is 9.90 Å². The van der Waals surface area contributed by atoms with E-state index in [0.717, 1.165) is 12.0 Å². The number of rotatable bonds is 4. The predicted molar refractivity (Wildman–Crippen MR) is 84.1 cm³/mol. The fraction of sp³-hybridized carbons (Fsp3) is 0.235. The van der Waals surface area contributed by atoms with E-state index in [4.69, 9.17) is 0 Å². The quantitative estimate of drug-likeness (QED) is 0.803. The Morgan fingerprint density at radius 3 is 2.55 bits per heavy atom. The first-order valence-corrected chi connectivity index (χ1v) is 7.22. The first-order chi connectivity index (χ1) is 10.6. The molecule has 0 bridgehead atoms. The molecule has 22 heavy (non-hydrogen) atoms. The number of aromatic nitrogens is 3. The maximum Gasteiger partial charge on any atom is 0.336 e. The van der Waals surface area contributed by atoms with Gasteiger partial charge in [-0.3, -0.25) is 0 Å². The van der Waals surface area contributed by atoms with E-state index < -0.39 is 5.97 Å². The third-order valence-electron chi connectivity index (χ3n) is 3.73. The number of hydrogen-bond donors (Lipinski definition) is 1. The molecule has 0 unspecified atom stereocenters. The number of fused-ring (bicyclic) bond motifs is 1. The molecule has 0 aliphatic carbocycles. The second-order valence-electron chi connectivity index (χ2n) is 5.33. The van der Waals surface area contributed by atoms with E-state index in [0.29, 0.717) is 23.3 Å². The van der Waals surface area contributed by atoms with Gasteiger partial charge in [0.2, 0.25) is 0 Å². The van der Waals surface area contributed by atoms with Crippen molar-refractivity contribution in [3.8, 4) is 0 Å². The Balaban J connectivity index is 2.02. The highest BCUT2D eigenvalue weighted by molar-refractivity contribution is 6.01. The van der Waals surface area contributed by atoms with Crippen molar-refractivity contribution in [3.05, 3.63) is 58.9 Å². The van der Waals surface area contributed by atoms with E-state index in [9.17, 15) is 9.90 Å². The average molecular weight is 295 g/mol. The van der Waals surface area contributed by atoms with Gasteiger partial charge in [-0.2, -0.15) is 5.10 Å². The minimum absolute atomic E-state index is 0.245. The Morgan fingerprint density at radius 2 is 1.91 bits per heavy atom. The van der Waals surface area contributed by atoms with Crippen LogP contribution in [0.4, 0.5) is 0 Å². The van der Waals surface area contributed by atoms with E-state index in [1.165, 1.54) is 5.56 Å². The van der Waals surface area contributed by atoms with Crippen molar-refractivity contribution in [2.75, 3.05) is 0 Å². The predicted octanol–water partition coefficient (Wildman–Crippen LogP) is 3.05. The van der Waals surface area contributed by atoms with Crippen LogP contribution in [-0.2, 0) is 13.0 Å². The van der Waals surface area contributed by atoms with Crippen LogP contribution in [0.3, 0.4) is 0 Å². The molecule has 3 aromatic rings. The summed E-state index contributed by atoms with van der Waals surface area (Å²) in [5.41, 5.74) is 3.93. The molecular weight excluding hydrogens is 278 g/mol. The summed E-state index contributed by atoms with van der Waals surface area (Å²) in [6.07, 6.45) is 2.58. The zero-order chi connectivity index (χ0) is 15.7. The molecule has 0 saturated carbocycles. The third-order valence-corrected chi connectivity index (χ3v) is 3.73. The van der Waals surface area contributed by atoms with Gasteiger partial charge in [-0.05, 0) is 30.5 Å². The lowest BCUT2D eigenvalue weighted by atomic mass is 10.1. The number of benzene rings is 1. The van der Waals surface area contributed by atoms with Crippen molar-refractivity contribution in [1.29, 1.82) is 0 Å². The lowest BCUT2D eigenvalue weighted by Crippen LogP contribution is -2.05. The van der Waals surface area contributed by atoms with Crippen molar-refractivity contribution in [1.82, 2.24) is 14.8 Å². The number of carboxylic acids is 1. The van der Waals surface area contributed by atoms with Crippen molar-refractivity contribution in [3.63, 3.8) is 0 Å². The highest BCUT2D eigenvalue weighted by Crippen LogP contribution is 2.19. The molecule has 2 aromatic heterocycles. The topological polar surface area (TPSA) is 68.0 Å². The summed E-state index contributed by atoms with van der Waals surface area (Å²) in [5, 5.41) is 14.2. The second-order valence-corrected chi connectivity index (χ2v) is 5.33. The van der Waals surface area contributed by atoms with Gasteiger partial charge in [0, 0.05) is 5.69 Å². The van der Waals surface area contributed by atoms with Gasteiger partial charge < -0.3 is 5.11 Å². The highest BCUT2D eigenvalue weighted by atomic mass is 16.4. The summed E-state index contributed by atoms with van der Waals surface area (Å²) in [4.78, 5) is 15.8. The van der Waals surface area contributed by atoms with Gasteiger partial charge in [-0.1, -0.05) is 31.2 Å². The fourth-order valence-corrected chi connectivity index (χ4v) is 2.52. The number of hydrogen-bond acceptors (Lipinski definition) is 3. The Kier molecular flexibility index (Phi) is 3.63. The highest BCUT2D eigenvalue weighted by Gasteiger charge is 2.14. The van der Waals surface area contributed by atoms with E-state index in [1.54, 1.807) is 23.9 Å². The van der Waals surface area contributed by atoms with E-state index in [2.05, 4.69) is 41.3 Å². The molecule has 0 spiro atoms. The second kappa shape index (κ2) is 5.60. The van der Waals surface area contributed by atoms with Crippen molar-refractivity contribution >= 4 is 17.0 Å². The smallest absolute Gasteiger partial charge is 0.336 e. The van der Waals surface area contributed by atoms with Crippen LogP contribution in [-0.4, -0.2) is 25.8 Å². The molecule has 0 radical (unpaired) electrons. The SMILES string of the molecule is CCc1ccc(Cn2ncc3c(C(=O)O)cc(C)nc32)cc1. The van der Waals surface area contributed by atoms with E-state index in [1.807, 2.05) is 0 Å². The lowest BCUT2D eigenvalue weighted by Gasteiger charge is -2.06. The van der Waals surface area contributed by atoms with Crippen LogP contribution in [0.15, 0.2) is 36.5 Å². The van der Waals surface area contributed by atoms with Gasteiger partial charge >= 0.3 is 5.97 Å². The Hall–Kier alpha value is -2.69. The van der Waals surface area contributed by atoms with Crippen LogP contribution < -0.4 is 0 Å². The largest absolute Gasteiger partial charge is 0.478 e. The van der Waals surface area contributed by atoms with Crippen LogP contribution in [0.1, 0.15) is 34.1 Å². The molecule has 0 fully saturated rings. The summed E-state index contributed by atoms with van der Waals surface area (Å²) in [5.74, 6) is -0.956. The summed E-state index contributed by atoms with van der Waals surface area (Å²) in [7, 11) is 0. The Labute approximate surface area is 128 Å². The standard InChI is InChI=1S/C17H17N3O2/c1-3-12-4-6-13(7-5-12)10-20-16-15(9-18-20)14(17(21)22)8-11(2)19-16/h4-9H,3,10H2,1-2H3,(H,21,22). The molecule has 1 N–H and O–H groups in total. The molecule has 112 valence electrons. The molecule has 1 aromatic carbocycles. The van der Waals surface area contributed by atoms with Gasteiger partial charge in [0.05, 0.1) is 23.7 Å². The maximum absolute atomic E-state index is 11.3. The lowest BCUT2D eigenvalue weighted by molar-refractivity contribution is 0.0699. The van der Waals surface area contributed by atoms with Gasteiger partial charge in [-0.15, -0.1) is 0 Å². The zero-order valence-electron chi connectivity index (χ0n) is 12.6. The van der Waals surface area contributed by atoms with Gasteiger partial charge in [-0.25, -0.2) is 14.5 Å². The molecule has 0 atom stereocenters. The fourth-order valence-electron chi connectivity index (χ4n) is 2.52. The average Bonchev–Trinajstić information content (AvgIpc) is 2.90. The van der Waals surface area contributed by atoms with Gasteiger partial charge in [0.15, 0.2) is 5.65 Å². The third kappa shape index (κ3) is 2.57. The monoisotopic (exact) mass is 295 g/mol. The molecule has 0 amide bonds. The molecule has 3 rings (SSSR count). The number of aryl methyl sites for hydroxylation is 2. The van der Waals surface area contributed by atoms with Crippen LogP contribution >= 0.6 is 0 Å². The molecule has 2 heterocycles. The molecule has 5 heteroatoms. The first kappa shape index (κ1) is 14.3. The molecule has 0 aliphatic heterocycles.